The van der Waals surface area contributed by atoms with Gasteiger partial charge in [-0.2, -0.15) is 0 Å². The fourth-order valence-corrected chi connectivity index (χ4v) is 3.11. The van der Waals surface area contributed by atoms with Crippen LogP contribution in [0.4, 0.5) is 0 Å². The van der Waals surface area contributed by atoms with E-state index in [4.69, 9.17) is 5.11 Å². The Morgan fingerprint density at radius 3 is 2.68 bits per heavy atom. The van der Waals surface area contributed by atoms with Crippen LogP contribution in [0, 0.1) is 5.92 Å². The summed E-state index contributed by atoms with van der Waals surface area (Å²) < 4.78 is 0. The maximum atomic E-state index is 11.8. The van der Waals surface area contributed by atoms with Gasteiger partial charge in [0.1, 0.15) is 0 Å². The number of guanidine groups is 1. The van der Waals surface area contributed by atoms with Gasteiger partial charge in [-0.3, -0.25) is 9.79 Å². The van der Waals surface area contributed by atoms with E-state index in [9.17, 15) is 4.79 Å². The Morgan fingerprint density at radius 1 is 1.24 bits per heavy atom. The molecule has 1 rings (SSSR count). The molecule has 1 amide bonds. The molecule has 0 saturated heterocycles. The number of carbonyl (C=O) groups excluding carboxylic acids is 1. The highest BCUT2D eigenvalue weighted by atomic mass is 32.1. The number of aliphatic imine (C=N–C) groups is 1. The van der Waals surface area contributed by atoms with Gasteiger partial charge in [0, 0.05) is 32.8 Å². The lowest BCUT2D eigenvalue weighted by atomic mass is 10.0. The Bertz CT molecular complexity index is 485. The fourth-order valence-electron chi connectivity index (χ4n) is 2.47. The van der Waals surface area contributed by atoms with Gasteiger partial charge < -0.3 is 21.1 Å². The molecule has 0 saturated carbocycles. The van der Waals surface area contributed by atoms with E-state index in [0.717, 1.165) is 56.2 Å². The summed E-state index contributed by atoms with van der Waals surface area (Å²) in [6.45, 7) is 7.31. The van der Waals surface area contributed by atoms with Crippen molar-refractivity contribution in [3.8, 4) is 0 Å². The van der Waals surface area contributed by atoms with E-state index in [2.05, 4.69) is 27.9 Å². The Balaban J connectivity index is 2.29. The predicted molar refractivity (Wildman–Crippen MR) is 105 cm³/mol. The van der Waals surface area contributed by atoms with E-state index < -0.39 is 0 Å². The van der Waals surface area contributed by atoms with Crippen molar-refractivity contribution in [2.45, 2.75) is 39.5 Å². The minimum atomic E-state index is -0.0121. The first-order valence-electron chi connectivity index (χ1n) is 9.15. The first kappa shape index (κ1) is 21.4. The minimum Gasteiger partial charge on any atom is -0.396 e. The van der Waals surface area contributed by atoms with Gasteiger partial charge in [-0.1, -0.05) is 19.4 Å². The van der Waals surface area contributed by atoms with Crippen LogP contribution in [-0.2, 0) is 0 Å². The highest BCUT2D eigenvalue weighted by Crippen LogP contribution is 2.11. The number of hydrogen-bond donors (Lipinski definition) is 4. The molecule has 7 heteroatoms. The third-order valence-corrected chi connectivity index (χ3v) is 4.63. The molecule has 1 atom stereocenters. The molecule has 142 valence electrons. The lowest BCUT2D eigenvalue weighted by Crippen LogP contribution is -2.39. The largest absolute Gasteiger partial charge is 0.396 e. The van der Waals surface area contributed by atoms with Gasteiger partial charge in [-0.15, -0.1) is 11.3 Å². The van der Waals surface area contributed by atoms with Gasteiger partial charge in [0.15, 0.2) is 5.96 Å². The highest BCUT2D eigenvalue weighted by molar-refractivity contribution is 7.12. The number of aliphatic hydroxyl groups is 1. The molecule has 1 aromatic heterocycles. The number of nitrogens with zero attached hydrogens (tertiary/aromatic N) is 1. The number of aliphatic hydroxyl groups excluding tert-OH is 1. The fraction of sp³-hybridized carbons (Fsp3) is 0.667. The molecule has 0 aliphatic carbocycles. The maximum Gasteiger partial charge on any atom is 0.261 e. The number of rotatable bonds is 12. The normalized spacial score (nSPS) is 12.7. The molecule has 25 heavy (non-hydrogen) atoms. The van der Waals surface area contributed by atoms with E-state index in [1.165, 1.54) is 11.3 Å². The van der Waals surface area contributed by atoms with Crippen LogP contribution >= 0.6 is 11.3 Å². The average molecular weight is 369 g/mol. The summed E-state index contributed by atoms with van der Waals surface area (Å²) in [5, 5.41) is 20.5. The van der Waals surface area contributed by atoms with Crippen LogP contribution in [0.25, 0.3) is 0 Å². The summed E-state index contributed by atoms with van der Waals surface area (Å²) in [6.07, 6.45) is 3.81. The zero-order chi connectivity index (χ0) is 18.3. The Labute approximate surface area is 155 Å². The van der Waals surface area contributed by atoms with Crippen LogP contribution in [0.3, 0.4) is 0 Å². The van der Waals surface area contributed by atoms with E-state index in [-0.39, 0.29) is 12.5 Å². The predicted octanol–water partition coefficient (Wildman–Crippen LogP) is 2.22. The minimum absolute atomic E-state index is 0.0121. The first-order valence-corrected chi connectivity index (χ1v) is 10.0. The zero-order valence-corrected chi connectivity index (χ0v) is 16.2. The molecular weight excluding hydrogens is 336 g/mol. The smallest absolute Gasteiger partial charge is 0.261 e. The van der Waals surface area contributed by atoms with Crippen molar-refractivity contribution in [1.82, 2.24) is 16.0 Å². The molecule has 1 heterocycles. The Morgan fingerprint density at radius 2 is 2.04 bits per heavy atom. The number of thiophene rings is 1. The second-order valence-electron chi connectivity index (χ2n) is 5.90. The molecule has 0 radical (unpaired) electrons. The van der Waals surface area contributed by atoms with E-state index in [1.54, 1.807) is 0 Å². The monoisotopic (exact) mass is 368 g/mol. The standard InChI is InChI=1S/C18H32N4O2S/c1-3-7-15(9-12-23)14-22-18(19-4-2)21-11-6-10-20-17(24)16-8-5-13-25-16/h5,8,13,15,23H,3-4,6-7,9-12,14H2,1-2H3,(H,20,24)(H2,19,21,22). The van der Waals surface area contributed by atoms with E-state index in [0.29, 0.717) is 12.5 Å². The van der Waals surface area contributed by atoms with Crippen LogP contribution in [-0.4, -0.2) is 49.8 Å². The second kappa shape index (κ2) is 13.7. The van der Waals surface area contributed by atoms with Gasteiger partial charge in [-0.25, -0.2) is 0 Å². The molecule has 0 aliphatic heterocycles. The molecule has 1 unspecified atom stereocenters. The molecule has 0 aliphatic rings. The van der Waals surface area contributed by atoms with Gasteiger partial charge in [0.2, 0.25) is 0 Å². The van der Waals surface area contributed by atoms with Crippen LogP contribution in [0.2, 0.25) is 0 Å². The Kier molecular flexibility index (Phi) is 11.7. The molecule has 0 aromatic carbocycles. The highest BCUT2D eigenvalue weighted by Gasteiger charge is 2.07. The van der Waals surface area contributed by atoms with Crippen molar-refractivity contribution in [3.05, 3.63) is 22.4 Å². The van der Waals surface area contributed by atoms with Gasteiger partial charge in [0.05, 0.1) is 4.88 Å². The van der Waals surface area contributed by atoms with Crippen molar-refractivity contribution in [2.75, 3.05) is 32.8 Å². The quantitative estimate of drug-likeness (QED) is 0.259. The lowest BCUT2D eigenvalue weighted by molar-refractivity contribution is 0.0957. The SMILES string of the molecule is CCCC(CCO)CN=C(NCC)NCCCNC(=O)c1cccs1. The summed E-state index contributed by atoms with van der Waals surface area (Å²) in [5.41, 5.74) is 0. The van der Waals surface area contributed by atoms with Gasteiger partial charge in [-0.05, 0) is 43.6 Å². The van der Waals surface area contributed by atoms with Gasteiger partial charge >= 0.3 is 0 Å². The summed E-state index contributed by atoms with van der Waals surface area (Å²) in [5.74, 6) is 1.21. The number of hydrogen-bond acceptors (Lipinski definition) is 4. The number of amides is 1. The van der Waals surface area contributed by atoms with E-state index in [1.807, 2.05) is 24.4 Å². The molecule has 0 bridgehead atoms. The second-order valence-corrected chi connectivity index (χ2v) is 6.85. The molecule has 4 N–H and O–H groups in total. The average Bonchev–Trinajstić information content (AvgIpc) is 3.14. The third kappa shape index (κ3) is 9.45. The van der Waals surface area contributed by atoms with Crippen molar-refractivity contribution in [1.29, 1.82) is 0 Å². The van der Waals surface area contributed by atoms with Crippen LogP contribution in [0.5, 0.6) is 0 Å². The third-order valence-electron chi connectivity index (χ3n) is 3.76. The summed E-state index contributed by atoms with van der Waals surface area (Å²) in [6, 6.07) is 3.70. The number of nitrogens with one attached hydrogen (secondary N) is 3. The lowest BCUT2D eigenvalue weighted by Gasteiger charge is -2.15. The maximum absolute atomic E-state index is 11.8. The summed E-state index contributed by atoms with van der Waals surface area (Å²) in [4.78, 5) is 17.2. The number of carbonyl (C=O) groups is 1. The topological polar surface area (TPSA) is 85.8 Å². The molecule has 0 spiro atoms. The molecule has 6 nitrogen and oxygen atoms in total. The van der Waals surface area contributed by atoms with Crippen molar-refractivity contribution < 1.29 is 9.90 Å². The summed E-state index contributed by atoms with van der Waals surface area (Å²) in [7, 11) is 0. The zero-order valence-electron chi connectivity index (χ0n) is 15.4. The van der Waals surface area contributed by atoms with Crippen LogP contribution in [0.1, 0.15) is 49.2 Å². The molecule has 0 fully saturated rings. The van der Waals surface area contributed by atoms with Crippen molar-refractivity contribution in [3.63, 3.8) is 0 Å². The van der Waals surface area contributed by atoms with Gasteiger partial charge in [0.25, 0.3) is 5.91 Å². The summed E-state index contributed by atoms with van der Waals surface area (Å²) >= 11 is 1.45. The molecular formula is C18H32N4O2S. The van der Waals surface area contributed by atoms with E-state index >= 15 is 0 Å². The van der Waals surface area contributed by atoms with Crippen molar-refractivity contribution in [2.24, 2.45) is 10.9 Å². The Hall–Kier alpha value is -1.60. The van der Waals surface area contributed by atoms with Crippen LogP contribution in [0.15, 0.2) is 22.5 Å². The molecule has 1 aromatic rings. The van der Waals surface area contributed by atoms with Crippen LogP contribution < -0.4 is 16.0 Å². The first-order chi connectivity index (χ1) is 12.2. The van der Waals surface area contributed by atoms with Crippen molar-refractivity contribution >= 4 is 23.2 Å².